The molecular formula is C40H52O5. The van der Waals surface area contributed by atoms with Gasteiger partial charge in [-0.1, -0.05) is 65.2 Å². The van der Waals surface area contributed by atoms with E-state index in [9.17, 15) is 14.4 Å². The number of benzene rings is 1. The number of carbonyl (C=O) groups is 3. The fraction of sp³-hybridized carbons (Fsp3) is 0.725. The molecule has 2 bridgehead atoms. The number of hydrogen-bond donors (Lipinski definition) is 0. The minimum atomic E-state index is -0.921. The maximum atomic E-state index is 14.5. The summed E-state index contributed by atoms with van der Waals surface area (Å²) in [4.78, 5) is 43.1. The van der Waals surface area contributed by atoms with Crippen LogP contribution in [0.1, 0.15) is 147 Å². The van der Waals surface area contributed by atoms with Gasteiger partial charge < -0.3 is 9.47 Å². The van der Waals surface area contributed by atoms with Crippen LogP contribution in [-0.4, -0.2) is 23.3 Å². The first-order valence-electron chi connectivity index (χ1n) is 18.0. The van der Waals surface area contributed by atoms with Crippen molar-refractivity contribution in [3.8, 4) is 5.75 Å². The lowest BCUT2D eigenvalue weighted by Crippen LogP contribution is -2.57. The molecule has 2 aliphatic heterocycles. The summed E-state index contributed by atoms with van der Waals surface area (Å²) in [6.45, 7) is 16.1. The molecule has 0 N–H and O–H groups in total. The van der Waals surface area contributed by atoms with E-state index in [-0.39, 0.29) is 57.6 Å². The monoisotopic (exact) mass is 612 g/mol. The molecule has 8 atom stereocenters. The predicted octanol–water partition coefficient (Wildman–Crippen LogP) is 8.80. The van der Waals surface area contributed by atoms with E-state index in [0.29, 0.717) is 25.0 Å². The van der Waals surface area contributed by atoms with Crippen LogP contribution in [-0.2, 0) is 25.2 Å². The maximum absolute atomic E-state index is 14.5. The molecule has 0 aromatic heterocycles. The first-order chi connectivity index (χ1) is 21.1. The number of esters is 2. The summed E-state index contributed by atoms with van der Waals surface area (Å²) in [7, 11) is 0. The summed E-state index contributed by atoms with van der Waals surface area (Å²) in [5.74, 6) is 0.992. The van der Waals surface area contributed by atoms with Crippen LogP contribution in [0.5, 0.6) is 5.75 Å². The SMILES string of the molecule is CC1=CCC[C@@]2(C(=O)Oc3ccc4c(c32)C(=O)CC2C(C)(C)CCC[C@]42C)[C@@H]1C[C@H]1[C@]2(C)CCC3C(C)(C)CCC[C@@]31C(=O)O2. The van der Waals surface area contributed by atoms with E-state index in [1.165, 1.54) is 5.57 Å². The first-order valence-corrected chi connectivity index (χ1v) is 18.0. The predicted molar refractivity (Wildman–Crippen MR) is 173 cm³/mol. The van der Waals surface area contributed by atoms with Crippen LogP contribution in [0.3, 0.4) is 0 Å². The molecule has 8 rings (SSSR count). The number of fused-ring (bicyclic) bond motifs is 7. The highest BCUT2D eigenvalue weighted by atomic mass is 16.6. The third-order valence-electron chi connectivity index (χ3n) is 15.3. The Balaban J connectivity index is 1.29. The average molecular weight is 613 g/mol. The Morgan fingerprint density at radius 3 is 2.29 bits per heavy atom. The Kier molecular flexibility index (Phi) is 6.07. The lowest BCUT2D eigenvalue weighted by molar-refractivity contribution is -0.157. The zero-order valence-electron chi connectivity index (χ0n) is 28.6. The molecule has 1 saturated heterocycles. The molecule has 0 amide bonds. The quantitative estimate of drug-likeness (QED) is 0.190. The van der Waals surface area contributed by atoms with Crippen LogP contribution in [0, 0.1) is 39.9 Å². The summed E-state index contributed by atoms with van der Waals surface area (Å²) in [6.07, 6.45) is 13.2. The van der Waals surface area contributed by atoms with Crippen LogP contribution in [0.4, 0.5) is 0 Å². The van der Waals surface area contributed by atoms with E-state index < -0.39 is 16.4 Å². The van der Waals surface area contributed by atoms with Gasteiger partial charge in [-0.15, -0.1) is 0 Å². The van der Waals surface area contributed by atoms with Gasteiger partial charge in [0.2, 0.25) is 0 Å². The van der Waals surface area contributed by atoms with Gasteiger partial charge in [0.1, 0.15) is 16.8 Å². The van der Waals surface area contributed by atoms with Crippen molar-refractivity contribution in [2.45, 2.75) is 142 Å². The van der Waals surface area contributed by atoms with E-state index in [1.807, 2.05) is 6.07 Å². The lowest BCUT2D eigenvalue weighted by Gasteiger charge is -2.56. The van der Waals surface area contributed by atoms with Crippen LogP contribution in [0.25, 0.3) is 0 Å². The van der Waals surface area contributed by atoms with Crippen molar-refractivity contribution >= 4 is 17.7 Å². The maximum Gasteiger partial charge on any atom is 0.322 e. The molecule has 4 fully saturated rings. The van der Waals surface area contributed by atoms with Crippen LogP contribution in [0.2, 0.25) is 0 Å². The number of hydrogen-bond acceptors (Lipinski definition) is 5. The molecule has 1 aromatic carbocycles. The molecule has 1 aromatic rings. The highest BCUT2D eigenvalue weighted by molar-refractivity contribution is 6.06. The Labute approximate surface area is 269 Å². The lowest BCUT2D eigenvalue weighted by atomic mass is 9.44. The normalized spacial score (nSPS) is 43.9. The molecule has 5 aliphatic carbocycles. The Morgan fingerprint density at radius 1 is 0.822 bits per heavy atom. The van der Waals surface area contributed by atoms with Gasteiger partial charge in [0.15, 0.2) is 5.78 Å². The van der Waals surface area contributed by atoms with Crippen molar-refractivity contribution in [2.24, 2.45) is 39.9 Å². The number of ether oxygens (including phenoxy) is 2. The highest BCUT2D eigenvalue weighted by Crippen LogP contribution is 2.70. The molecule has 0 radical (unpaired) electrons. The number of Topliss-reactive ketones (excluding diaryl/α,β-unsaturated/α-hetero) is 1. The number of carbonyl (C=O) groups excluding carboxylic acids is 3. The van der Waals surface area contributed by atoms with Crippen molar-refractivity contribution < 1.29 is 23.9 Å². The fourth-order valence-corrected chi connectivity index (χ4v) is 13.2. The van der Waals surface area contributed by atoms with Gasteiger partial charge in [0, 0.05) is 29.4 Å². The summed E-state index contributed by atoms with van der Waals surface area (Å²) >= 11 is 0. The molecule has 5 nitrogen and oxygen atoms in total. The standard InChI is InChI=1S/C40H52O5/c1-23-11-8-18-39(25(23)21-30-38(7)20-14-28-35(2,3)16-10-19-40(28,30)34(43)45-38)32-27(44-33(39)42)13-12-24-31(32)26(41)22-29-36(4,5)15-9-17-37(24,29)6/h11-13,25,28-30H,8-10,14-22H2,1-7H3/t25-,28?,29?,30+,37-,38+,39-,40-/m1/s1. The van der Waals surface area contributed by atoms with E-state index >= 15 is 0 Å². The van der Waals surface area contributed by atoms with Crippen LogP contribution >= 0.6 is 0 Å². The van der Waals surface area contributed by atoms with Crippen molar-refractivity contribution in [1.29, 1.82) is 0 Å². The topological polar surface area (TPSA) is 69.7 Å². The van der Waals surface area contributed by atoms with Gasteiger partial charge >= 0.3 is 11.9 Å². The Morgan fingerprint density at radius 2 is 1.53 bits per heavy atom. The zero-order chi connectivity index (χ0) is 31.9. The van der Waals surface area contributed by atoms with E-state index in [4.69, 9.17) is 9.47 Å². The number of rotatable bonds is 2. The molecule has 2 spiro atoms. The second-order valence-corrected chi connectivity index (χ2v) is 18.2. The Hall–Kier alpha value is -2.43. The van der Waals surface area contributed by atoms with Crippen molar-refractivity contribution in [1.82, 2.24) is 0 Å². The van der Waals surface area contributed by atoms with Gasteiger partial charge in [-0.05, 0) is 111 Å². The van der Waals surface area contributed by atoms with E-state index in [0.717, 1.165) is 74.5 Å². The third-order valence-corrected chi connectivity index (χ3v) is 15.3. The molecule has 45 heavy (non-hydrogen) atoms. The van der Waals surface area contributed by atoms with E-state index in [1.54, 1.807) is 0 Å². The van der Waals surface area contributed by atoms with Crippen LogP contribution < -0.4 is 4.74 Å². The van der Waals surface area contributed by atoms with Gasteiger partial charge in [0.25, 0.3) is 0 Å². The largest absolute Gasteiger partial charge is 0.459 e. The number of ketones is 1. The minimum absolute atomic E-state index is 0.00222. The van der Waals surface area contributed by atoms with Gasteiger partial charge in [-0.2, -0.15) is 0 Å². The molecule has 5 heteroatoms. The smallest absolute Gasteiger partial charge is 0.322 e. The zero-order valence-corrected chi connectivity index (χ0v) is 28.6. The number of allylic oxidation sites excluding steroid dienone is 2. The molecule has 3 saturated carbocycles. The fourth-order valence-electron chi connectivity index (χ4n) is 13.2. The van der Waals surface area contributed by atoms with E-state index in [2.05, 4.69) is 60.6 Å². The van der Waals surface area contributed by atoms with Crippen LogP contribution in [0.15, 0.2) is 23.8 Å². The molecule has 242 valence electrons. The van der Waals surface area contributed by atoms with Crippen molar-refractivity contribution in [3.05, 3.63) is 40.5 Å². The first kappa shape index (κ1) is 29.9. The van der Waals surface area contributed by atoms with Crippen molar-refractivity contribution in [2.75, 3.05) is 0 Å². The molecule has 2 heterocycles. The summed E-state index contributed by atoms with van der Waals surface area (Å²) in [6, 6.07) is 4.12. The van der Waals surface area contributed by atoms with Gasteiger partial charge in [0.05, 0.1) is 5.41 Å². The molecule has 2 unspecified atom stereocenters. The summed E-state index contributed by atoms with van der Waals surface area (Å²) in [5, 5.41) is 0. The second kappa shape index (κ2) is 9.13. The second-order valence-electron chi connectivity index (χ2n) is 18.2. The molecule has 7 aliphatic rings. The third kappa shape index (κ3) is 3.59. The van der Waals surface area contributed by atoms with Gasteiger partial charge in [-0.25, -0.2) is 0 Å². The minimum Gasteiger partial charge on any atom is -0.459 e. The molecular weight excluding hydrogens is 560 g/mol. The van der Waals surface area contributed by atoms with Gasteiger partial charge in [-0.3, -0.25) is 14.4 Å². The average Bonchev–Trinajstić information content (AvgIpc) is 3.28. The van der Waals surface area contributed by atoms with Crippen molar-refractivity contribution in [3.63, 3.8) is 0 Å². The Bertz CT molecular complexity index is 1560. The summed E-state index contributed by atoms with van der Waals surface area (Å²) in [5.41, 5.74) is 2.05. The summed E-state index contributed by atoms with van der Waals surface area (Å²) < 4.78 is 12.7. The highest BCUT2D eigenvalue weighted by Gasteiger charge is 2.72.